The number of halogens is 1. The van der Waals surface area contributed by atoms with Crippen molar-refractivity contribution >= 4 is 22.6 Å². The molecule has 1 atom stereocenters. The highest BCUT2D eigenvalue weighted by Gasteiger charge is 2.13. The molecule has 1 aromatic carbocycles. The summed E-state index contributed by atoms with van der Waals surface area (Å²) in [5.74, 6) is 0. The Morgan fingerprint density at radius 2 is 1.88 bits per heavy atom. The minimum absolute atomic E-state index is 0.357. The zero-order chi connectivity index (χ0) is 11.4. The van der Waals surface area contributed by atoms with Gasteiger partial charge < -0.3 is 4.74 Å². The number of hydrazine groups is 1. The molecule has 1 unspecified atom stereocenters. The molecule has 1 aliphatic rings. The van der Waals surface area contributed by atoms with Crippen LogP contribution in [-0.4, -0.2) is 31.3 Å². The Bertz CT molecular complexity index is 322. The Kier molecular flexibility index (Phi) is 4.57. The Labute approximate surface area is 110 Å². The van der Waals surface area contributed by atoms with Gasteiger partial charge in [0.15, 0.2) is 0 Å². The number of hydrogen-bond donors (Lipinski definition) is 1. The van der Waals surface area contributed by atoms with E-state index >= 15 is 0 Å². The standard InChI is InChI=1S/C12H17IN2O/c1-10(11-2-4-12(13)5-3-11)14-15-6-8-16-9-7-15/h2-5,10,14H,6-9H2,1H3. The van der Waals surface area contributed by atoms with E-state index in [0.717, 1.165) is 26.3 Å². The average Bonchev–Trinajstić information content (AvgIpc) is 2.31. The smallest absolute Gasteiger partial charge is 0.0608 e. The van der Waals surface area contributed by atoms with Crippen LogP contribution in [0.25, 0.3) is 0 Å². The lowest BCUT2D eigenvalue weighted by molar-refractivity contribution is 0.00484. The number of hydrogen-bond acceptors (Lipinski definition) is 3. The zero-order valence-corrected chi connectivity index (χ0v) is 11.6. The van der Waals surface area contributed by atoms with E-state index in [0.29, 0.717) is 6.04 Å². The molecule has 4 heteroatoms. The van der Waals surface area contributed by atoms with Gasteiger partial charge in [0, 0.05) is 22.7 Å². The molecule has 0 aliphatic carbocycles. The highest BCUT2D eigenvalue weighted by molar-refractivity contribution is 14.1. The molecule has 1 aromatic rings. The molecular formula is C12H17IN2O. The van der Waals surface area contributed by atoms with E-state index in [-0.39, 0.29) is 0 Å². The SMILES string of the molecule is CC(NN1CCOCC1)c1ccc(I)cc1. The first-order chi connectivity index (χ1) is 7.75. The number of nitrogens with one attached hydrogen (secondary N) is 1. The Morgan fingerprint density at radius 3 is 2.50 bits per heavy atom. The van der Waals surface area contributed by atoms with E-state index in [2.05, 4.69) is 64.2 Å². The molecule has 1 heterocycles. The molecule has 1 fully saturated rings. The van der Waals surface area contributed by atoms with Crippen molar-refractivity contribution in [2.45, 2.75) is 13.0 Å². The third-order valence-corrected chi connectivity index (χ3v) is 3.48. The van der Waals surface area contributed by atoms with Crippen molar-refractivity contribution in [2.75, 3.05) is 26.3 Å². The van der Waals surface area contributed by atoms with Crippen LogP contribution in [0.1, 0.15) is 18.5 Å². The molecule has 1 saturated heterocycles. The molecular weight excluding hydrogens is 315 g/mol. The summed E-state index contributed by atoms with van der Waals surface area (Å²) in [4.78, 5) is 0. The maximum atomic E-state index is 5.32. The zero-order valence-electron chi connectivity index (χ0n) is 9.45. The molecule has 0 saturated carbocycles. The largest absolute Gasteiger partial charge is 0.379 e. The lowest BCUT2D eigenvalue weighted by Crippen LogP contribution is -2.46. The van der Waals surface area contributed by atoms with Gasteiger partial charge >= 0.3 is 0 Å². The Morgan fingerprint density at radius 1 is 1.25 bits per heavy atom. The molecule has 0 amide bonds. The van der Waals surface area contributed by atoms with Crippen molar-refractivity contribution in [3.8, 4) is 0 Å². The summed E-state index contributed by atoms with van der Waals surface area (Å²) in [7, 11) is 0. The molecule has 2 rings (SSSR count). The van der Waals surface area contributed by atoms with Gasteiger partial charge in [-0.3, -0.25) is 0 Å². The van der Waals surface area contributed by atoms with E-state index < -0.39 is 0 Å². The van der Waals surface area contributed by atoms with Crippen molar-refractivity contribution in [1.82, 2.24) is 10.4 Å². The minimum Gasteiger partial charge on any atom is -0.379 e. The van der Waals surface area contributed by atoms with Gasteiger partial charge in [0.2, 0.25) is 0 Å². The molecule has 3 nitrogen and oxygen atoms in total. The summed E-state index contributed by atoms with van der Waals surface area (Å²) in [6, 6.07) is 9.01. The first-order valence-electron chi connectivity index (χ1n) is 5.60. The van der Waals surface area contributed by atoms with Gasteiger partial charge in [-0.25, -0.2) is 10.4 Å². The van der Waals surface area contributed by atoms with E-state index in [9.17, 15) is 0 Å². The molecule has 88 valence electrons. The van der Waals surface area contributed by atoms with Crippen molar-refractivity contribution in [2.24, 2.45) is 0 Å². The van der Waals surface area contributed by atoms with Crippen LogP contribution < -0.4 is 5.43 Å². The van der Waals surface area contributed by atoms with Crippen LogP contribution in [-0.2, 0) is 4.74 Å². The maximum absolute atomic E-state index is 5.32. The molecule has 0 bridgehead atoms. The fourth-order valence-corrected chi connectivity index (χ4v) is 2.15. The van der Waals surface area contributed by atoms with Crippen LogP contribution in [0.3, 0.4) is 0 Å². The fraction of sp³-hybridized carbons (Fsp3) is 0.500. The first-order valence-corrected chi connectivity index (χ1v) is 6.68. The third kappa shape index (κ3) is 3.41. The van der Waals surface area contributed by atoms with Crippen LogP contribution in [0.4, 0.5) is 0 Å². The van der Waals surface area contributed by atoms with Gasteiger partial charge in [0.1, 0.15) is 0 Å². The summed E-state index contributed by atoms with van der Waals surface area (Å²) in [5, 5.41) is 2.24. The maximum Gasteiger partial charge on any atom is 0.0608 e. The fourth-order valence-electron chi connectivity index (χ4n) is 1.79. The quantitative estimate of drug-likeness (QED) is 0.859. The minimum atomic E-state index is 0.357. The van der Waals surface area contributed by atoms with Gasteiger partial charge in [-0.2, -0.15) is 0 Å². The molecule has 0 radical (unpaired) electrons. The second kappa shape index (κ2) is 5.95. The van der Waals surface area contributed by atoms with Crippen molar-refractivity contribution in [3.05, 3.63) is 33.4 Å². The lowest BCUT2D eigenvalue weighted by atomic mass is 10.1. The van der Waals surface area contributed by atoms with Crippen molar-refractivity contribution in [3.63, 3.8) is 0 Å². The highest BCUT2D eigenvalue weighted by atomic mass is 127. The summed E-state index contributed by atoms with van der Waals surface area (Å²) in [6.07, 6.45) is 0. The van der Waals surface area contributed by atoms with E-state index in [1.807, 2.05) is 0 Å². The van der Waals surface area contributed by atoms with Crippen LogP contribution in [0.2, 0.25) is 0 Å². The lowest BCUT2D eigenvalue weighted by Gasteiger charge is -2.30. The number of rotatable bonds is 3. The number of nitrogens with zero attached hydrogens (tertiary/aromatic N) is 1. The molecule has 0 spiro atoms. The number of morpholine rings is 1. The summed E-state index contributed by atoms with van der Waals surface area (Å²) < 4.78 is 6.60. The molecule has 1 N–H and O–H groups in total. The predicted molar refractivity (Wildman–Crippen MR) is 73.1 cm³/mol. The number of ether oxygens (including phenoxy) is 1. The van der Waals surface area contributed by atoms with E-state index in [4.69, 9.17) is 4.74 Å². The molecule has 0 aromatic heterocycles. The number of benzene rings is 1. The van der Waals surface area contributed by atoms with Crippen LogP contribution in [0.15, 0.2) is 24.3 Å². The summed E-state index contributed by atoms with van der Waals surface area (Å²) >= 11 is 2.33. The van der Waals surface area contributed by atoms with Crippen molar-refractivity contribution in [1.29, 1.82) is 0 Å². The van der Waals surface area contributed by atoms with Gasteiger partial charge in [-0.15, -0.1) is 0 Å². The second-order valence-electron chi connectivity index (χ2n) is 4.00. The second-order valence-corrected chi connectivity index (χ2v) is 5.25. The Balaban J connectivity index is 1.91. The monoisotopic (exact) mass is 332 g/mol. The van der Waals surface area contributed by atoms with Crippen LogP contribution in [0.5, 0.6) is 0 Å². The normalized spacial score (nSPS) is 19.6. The molecule has 16 heavy (non-hydrogen) atoms. The van der Waals surface area contributed by atoms with Gasteiger partial charge in [-0.05, 0) is 47.2 Å². The van der Waals surface area contributed by atoms with Gasteiger partial charge in [-0.1, -0.05) is 12.1 Å². The van der Waals surface area contributed by atoms with Crippen molar-refractivity contribution < 1.29 is 4.74 Å². The van der Waals surface area contributed by atoms with Gasteiger partial charge in [0.05, 0.1) is 13.2 Å². The first kappa shape index (κ1) is 12.3. The molecule has 1 aliphatic heterocycles. The van der Waals surface area contributed by atoms with E-state index in [1.165, 1.54) is 9.13 Å². The topological polar surface area (TPSA) is 24.5 Å². The van der Waals surface area contributed by atoms with Crippen LogP contribution in [0, 0.1) is 3.57 Å². The van der Waals surface area contributed by atoms with E-state index in [1.54, 1.807) is 0 Å². The average molecular weight is 332 g/mol. The summed E-state index contributed by atoms with van der Waals surface area (Å²) in [5.41, 5.74) is 4.83. The summed E-state index contributed by atoms with van der Waals surface area (Å²) in [6.45, 7) is 5.78. The van der Waals surface area contributed by atoms with Crippen LogP contribution >= 0.6 is 22.6 Å². The third-order valence-electron chi connectivity index (χ3n) is 2.76. The predicted octanol–water partition coefficient (Wildman–Crippen LogP) is 2.19. The highest BCUT2D eigenvalue weighted by Crippen LogP contribution is 2.15. The van der Waals surface area contributed by atoms with Gasteiger partial charge in [0.25, 0.3) is 0 Å². The Hall–Kier alpha value is -0.170.